The van der Waals surface area contributed by atoms with Gasteiger partial charge in [0.05, 0.1) is 13.2 Å². The lowest BCUT2D eigenvalue weighted by Gasteiger charge is -2.52. The summed E-state index contributed by atoms with van der Waals surface area (Å²) >= 11 is 0. The molecule has 1 N–H and O–H groups in total. The van der Waals surface area contributed by atoms with Crippen LogP contribution in [0.3, 0.4) is 0 Å². The molecule has 0 amide bonds. The fourth-order valence-corrected chi connectivity index (χ4v) is 6.60. The van der Waals surface area contributed by atoms with Crippen LogP contribution in [-0.4, -0.2) is 56.4 Å². The largest absolute Gasteiger partial charge is 0.490 e. The number of nitrogens with one attached hydrogen (secondary N) is 1. The molecule has 0 bridgehead atoms. The van der Waals surface area contributed by atoms with Crippen molar-refractivity contribution in [1.82, 2.24) is 10.2 Å². The fourth-order valence-electron chi connectivity index (χ4n) is 6.60. The highest BCUT2D eigenvalue weighted by Gasteiger charge is 2.51. The molecule has 1 atom stereocenters. The summed E-state index contributed by atoms with van der Waals surface area (Å²) in [5.41, 5.74) is 2.10. The first kappa shape index (κ1) is 18.6. The first-order valence-electron chi connectivity index (χ1n) is 11.6. The first-order valence-corrected chi connectivity index (χ1v) is 11.6. The molecular weight excluding hydrogens is 367 g/mol. The molecule has 5 heteroatoms. The zero-order valence-corrected chi connectivity index (χ0v) is 17.3. The van der Waals surface area contributed by atoms with E-state index >= 15 is 0 Å². The third-order valence-corrected chi connectivity index (χ3v) is 8.57. The normalized spacial score (nSPS) is 31.4. The van der Waals surface area contributed by atoms with Crippen LogP contribution in [0.15, 0.2) is 18.2 Å². The van der Waals surface area contributed by atoms with Crippen LogP contribution in [-0.2, 0) is 4.74 Å². The van der Waals surface area contributed by atoms with Crippen molar-refractivity contribution < 1.29 is 13.9 Å². The predicted octanol–water partition coefficient (Wildman–Crippen LogP) is 3.71. The molecule has 0 aromatic heterocycles. The van der Waals surface area contributed by atoms with E-state index in [2.05, 4.69) is 10.2 Å². The van der Waals surface area contributed by atoms with Crippen molar-refractivity contribution in [3.63, 3.8) is 0 Å². The number of hydrogen-bond donors (Lipinski definition) is 1. The third kappa shape index (κ3) is 3.30. The molecule has 158 valence electrons. The maximum atomic E-state index is 14.1. The van der Waals surface area contributed by atoms with Crippen molar-refractivity contribution in [1.29, 1.82) is 0 Å². The second kappa shape index (κ2) is 6.93. The minimum atomic E-state index is -0.137. The number of ether oxygens (including phenoxy) is 2. The molecular formula is C24H33FN2O2. The second-order valence-corrected chi connectivity index (χ2v) is 10.6. The average molecular weight is 401 g/mol. The maximum Gasteiger partial charge on any atom is 0.123 e. The van der Waals surface area contributed by atoms with Crippen LogP contribution < -0.4 is 10.1 Å². The van der Waals surface area contributed by atoms with Gasteiger partial charge in [-0.2, -0.15) is 0 Å². The molecule has 1 unspecified atom stereocenters. The van der Waals surface area contributed by atoms with E-state index in [9.17, 15) is 4.39 Å². The topological polar surface area (TPSA) is 33.7 Å². The van der Waals surface area contributed by atoms with E-state index < -0.39 is 0 Å². The molecule has 6 rings (SSSR count). The highest BCUT2D eigenvalue weighted by atomic mass is 19.1. The number of hydrogen-bond acceptors (Lipinski definition) is 4. The number of benzene rings is 1. The van der Waals surface area contributed by atoms with Gasteiger partial charge in [-0.25, -0.2) is 4.39 Å². The zero-order valence-electron chi connectivity index (χ0n) is 17.3. The summed E-state index contributed by atoms with van der Waals surface area (Å²) in [4.78, 5) is 2.72. The molecule has 2 aliphatic carbocycles. The summed E-state index contributed by atoms with van der Waals surface area (Å²) in [6, 6.07) is 5.92. The number of rotatable bonds is 4. The minimum absolute atomic E-state index is 0.137. The Morgan fingerprint density at radius 1 is 1.03 bits per heavy atom. The summed E-state index contributed by atoms with van der Waals surface area (Å²) in [7, 11) is 0. The number of likely N-dealkylation sites (tertiary alicyclic amines) is 1. The first-order chi connectivity index (χ1) is 14.1. The van der Waals surface area contributed by atoms with Crippen LogP contribution in [0.1, 0.15) is 56.4 Å². The van der Waals surface area contributed by atoms with Gasteiger partial charge in [0.25, 0.3) is 0 Å². The van der Waals surface area contributed by atoms with Gasteiger partial charge in [-0.05, 0) is 87.6 Å². The fraction of sp³-hybridized carbons (Fsp3) is 0.750. The van der Waals surface area contributed by atoms with E-state index in [4.69, 9.17) is 9.47 Å². The van der Waals surface area contributed by atoms with Gasteiger partial charge < -0.3 is 19.7 Å². The highest BCUT2D eigenvalue weighted by molar-refractivity contribution is 5.38. The Hall–Kier alpha value is -1.17. The van der Waals surface area contributed by atoms with Crippen LogP contribution in [0, 0.1) is 16.6 Å². The predicted molar refractivity (Wildman–Crippen MR) is 110 cm³/mol. The van der Waals surface area contributed by atoms with Crippen LogP contribution in [0.5, 0.6) is 5.75 Å². The molecule has 5 aliphatic rings. The molecule has 0 radical (unpaired) electrons. The maximum absolute atomic E-state index is 14.1. The lowest BCUT2D eigenvalue weighted by Crippen LogP contribution is -2.56. The summed E-state index contributed by atoms with van der Waals surface area (Å²) in [6.45, 7) is 6.49. The minimum Gasteiger partial charge on any atom is -0.490 e. The smallest absolute Gasteiger partial charge is 0.123 e. The molecule has 1 aromatic rings. The Kier molecular flexibility index (Phi) is 4.44. The van der Waals surface area contributed by atoms with Gasteiger partial charge in [-0.3, -0.25) is 0 Å². The molecule has 3 saturated heterocycles. The van der Waals surface area contributed by atoms with Crippen LogP contribution in [0.2, 0.25) is 0 Å². The zero-order chi connectivity index (χ0) is 19.5. The summed E-state index contributed by atoms with van der Waals surface area (Å²) in [5.74, 6) is 1.20. The molecule has 3 heterocycles. The monoisotopic (exact) mass is 400 g/mol. The van der Waals surface area contributed by atoms with Crippen molar-refractivity contribution in [2.75, 3.05) is 39.4 Å². The Labute approximate surface area is 173 Å². The van der Waals surface area contributed by atoms with Gasteiger partial charge in [0, 0.05) is 30.1 Å². The van der Waals surface area contributed by atoms with Crippen LogP contribution in [0.4, 0.5) is 4.39 Å². The van der Waals surface area contributed by atoms with E-state index in [1.807, 2.05) is 6.07 Å². The Bertz CT molecular complexity index is 760. The Balaban J connectivity index is 1.09. The lowest BCUT2D eigenvalue weighted by atomic mass is 9.65. The number of piperidine rings is 1. The Morgan fingerprint density at radius 3 is 2.45 bits per heavy atom. The summed E-state index contributed by atoms with van der Waals surface area (Å²) in [6.07, 6.45) is 8.78. The van der Waals surface area contributed by atoms with Crippen molar-refractivity contribution in [2.24, 2.45) is 10.8 Å². The van der Waals surface area contributed by atoms with Crippen molar-refractivity contribution in [3.05, 3.63) is 29.6 Å². The molecule has 2 spiro atoms. The van der Waals surface area contributed by atoms with Gasteiger partial charge in [0.1, 0.15) is 17.7 Å². The van der Waals surface area contributed by atoms with Gasteiger partial charge in [0.2, 0.25) is 0 Å². The molecule has 29 heavy (non-hydrogen) atoms. The van der Waals surface area contributed by atoms with Crippen molar-refractivity contribution in [2.45, 2.75) is 63.0 Å². The molecule has 4 nitrogen and oxygen atoms in total. The quantitative estimate of drug-likeness (QED) is 0.836. The average Bonchev–Trinajstić information content (AvgIpc) is 3.10. The number of halogens is 1. The van der Waals surface area contributed by atoms with Gasteiger partial charge >= 0.3 is 0 Å². The standard InChI is InChI=1S/C24H33FN2O2/c25-18-1-2-22(29-20-11-24(12-20)15-28-16-24)21(9-18)17-4-7-27(8-5-17)19-3-6-23(10-19)13-26-14-23/h1-2,9,17,19-20,26H,3-8,10-16H2. The van der Waals surface area contributed by atoms with Gasteiger partial charge in [-0.15, -0.1) is 0 Å². The van der Waals surface area contributed by atoms with Gasteiger partial charge in [0.15, 0.2) is 0 Å². The Morgan fingerprint density at radius 2 is 1.83 bits per heavy atom. The van der Waals surface area contributed by atoms with E-state index in [1.54, 1.807) is 12.1 Å². The SMILES string of the molecule is Fc1ccc(OC2CC3(COC3)C2)c(C2CCN(C3CCC4(CNC4)C3)CC2)c1. The summed E-state index contributed by atoms with van der Waals surface area (Å²) in [5, 5.41) is 3.47. The van der Waals surface area contributed by atoms with Gasteiger partial charge in [-0.1, -0.05) is 0 Å². The molecule has 3 aliphatic heterocycles. The highest BCUT2D eigenvalue weighted by Crippen LogP contribution is 2.49. The van der Waals surface area contributed by atoms with Crippen molar-refractivity contribution >= 4 is 0 Å². The molecule has 5 fully saturated rings. The van der Waals surface area contributed by atoms with Crippen molar-refractivity contribution in [3.8, 4) is 5.75 Å². The van der Waals surface area contributed by atoms with E-state index in [0.29, 0.717) is 16.7 Å². The lowest BCUT2D eigenvalue weighted by molar-refractivity contribution is -0.191. The summed E-state index contributed by atoms with van der Waals surface area (Å²) < 4.78 is 25.8. The second-order valence-electron chi connectivity index (χ2n) is 10.6. The van der Waals surface area contributed by atoms with Crippen LogP contribution in [0.25, 0.3) is 0 Å². The van der Waals surface area contributed by atoms with E-state index in [0.717, 1.165) is 69.3 Å². The third-order valence-electron chi connectivity index (χ3n) is 8.57. The van der Waals surface area contributed by atoms with E-state index in [-0.39, 0.29) is 11.9 Å². The molecule has 2 saturated carbocycles. The van der Waals surface area contributed by atoms with Crippen LogP contribution >= 0.6 is 0 Å². The van der Waals surface area contributed by atoms with E-state index in [1.165, 1.54) is 32.4 Å². The molecule has 1 aromatic carbocycles. The number of nitrogens with zero attached hydrogens (tertiary/aromatic N) is 1.